The van der Waals surface area contributed by atoms with Crippen molar-refractivity contribution in [3.05, 3.63) is 29.8 Å². The molecule has 1 unspecified atom stereocenters. The molecule has 1 aromatic rings. The molecular formula is C36H55N7O10. The number of phenols is 1. The Bertz CT molecular complexity index is 1510. The summed E-state index contributed by atoms with van der Waals surface area (Å²) in [4.78, 5) is 96.4. The summed E-state index contributed by atoms with van der Waals surface area (Å²) in [6.45, 7) is 11.9. The van der Waals surface area contributed by atoms with Crippen molar-refractivity contribution >= 4 is 41.4 Å². The van der Waals surface area contributed by atoms with E-state index in [0.717, 1.165) is 0 Å². The van der Waals surface area contributed by atoms with E-state index in [1.165, 1.54) is 19.1 Å². The zero-order valence-electron chi connectivity index (χ0n) is 31.4. The molecule has 8 atom stereocenters. The average molecular weight is 746 g/mol. The minimum atomic E-state index is -1.72. The minimum absolute atomic E-state index is 0.0114. The number of carboxylic acid groups (broad SMARTS) is 1. The van der Waals surface area contributed by atoms with E-state index >= 15 is 0 Å². The highest BCUT2D eigenvalue weighted by Gasteiger charge is 2.44. The maximum Gasteiger partial charge on any atom is 0.305 e. The number of carboxylic acids is 1. The highest BCUT2D eigenvalue weighted by Crippen LogP contribution is 2.24. The van der Waals surface area contributed by atoms with Gasteiger partial charge in [-0.05, 0) is 84.0 Å². The Balaban J connectivity index is 2.16. The number of aliphatic hydroxyl groups excluding tert-OH is 1. The van der Waals surface area contributed by atoms with Crippen molar-refractivity contribution in [3.63, 3.8) is 0 Å². The van der Waals surface area contributed by atoms with Crippen LogP contribution in [0.15, 0.2) is 24.3 Å². The second kappa shape index (κ2) is 18.3. The number of benzene rings is 1. The maximum absolute atomic E-state index is 14.2. The second-order valence-corrected chi connectivity index (χ2v) is 15.4. The molecule has 0 aromatic heterocycles. The van der Waals surface area contributed by atoms with E-state index in [-0.39, 0.29) is 31.1 Å². The molecule has 2 aliphatic heterocycles. The lowest BCUT2D eigenvalue weighted by atomic mass is 9.99. The molecular weight excluding hydrogens is 690 g/mol. The molecule has 2 aliphatic rings. The van der Waals surface area contributed by atoms with Crippen molar-refractivity contribution in [2.75, 3.05) is 6.54 Å². The summed E-state index contributed by atoms with van der Waals surface area (Å²) in [7, 11) is 0. The van der Waals surface area contributed by atoms with Crippen LogP contribution in [-0.2, 0) is 40.0 Å². The Morgan fingerprint density at radius 1 is 0.849 bits per heavy atom. The maximum atomic E-state index is 14.2. The number of aliphatic carboxylic acids is 1. The Labute approximate surface area is 309 Å². The molecule has 0 bridgehead atoms. The predicted molar refractivity (Wildman–Crippen MR) is 192 cm³/mol. The van der Waals surface area contributed by atoms with Gasteiger partial charge in [-0.2, -0.15) is 0 Å². The normalized spacial score (nSPS) is 27.6. The van der Waals surface area contributed by atoms with Crippen molar-refractivity contribution in [2.24, 2.45) is 5.92 Å². The average Bonchev–Trinajstić information content (AvgIpc) is 3.50. The molecule has 294 valence electrons. The van der Waals surface area contributed by atoms with E-state index in [1.54, 1.807) is 58.6 Å². The topological polar surface area (TPSA) is 256 Å². The number of phenolic OH excluding ortho intramolecular Hbond substituents is 1. The first kappa shape index (κ1) is 42.6. The summed E-state index contributed by atoms with van der Waals surface area (Å²) in [6.07, 6.45) is -1.56. The van der Waals surface area contributed by atoms with Crippen LogP contribution in [0.25, 0.3) is 0 Å². The molecule has 0 aliphatic carbocycles. The van der Waals surface area contributed by atoms with E-state index in [1.807, 2.05) is 0 Å². The molecule has 53 heavy (non-hydrogen) atoms. The molecule has 0 radical (unpaired) electrons. The highest BCUT2D eigenvalue weighted by atomic mass is 16.4. The SMILES string of the molecule is CC(C)C[C@@H]1NC(=O)[C@H](Cc2ccc(O)cc2)NC(=O)[C@@H]2CCCN2[C@@H](C(=O)NC(C)(C)C)[C@H](C)NC(=O)C([C@@H](C)O)NC(=O)[C@H](CC(=O)O)NC1=O. The van der Waals surface area contributed by atoms with Gasteiger partial charge in [0.15, 0.2) is 0 Å². The van der Waals surface area contributed by atoms with Crippen LogP contribution in [0.5, 0.6) is 5.75 Å². The second-order valence-electron chi connectivity index (χ2n) is 15.4. The number of amides is 6. The summed E-state index contributed by atoms with van der Waals surface area (Å²) in [6, 6.07) is -2.93. The van der Waals surface area contributed by atoms with Gasteiger partial charge in [-0.1, -0.05) is 26.0 Å². The first-order chi connectivity index (χ1) is 24.7. The number of carbonyl (C=O) groups excluding carboxylic acids is 6. The zero-order valence-corrected chi connectivity index (χ0v) is 31.4. The monoisotopic (exact) mass is 745 g/mol. The Morgan fingerprint density at radius 2 is 1.42 bits per heavy atom. The number of aromatic hydroxyl groups is 1. The van der Waals surface area contributed by atoms with Gasteiger partial charge in [-0.3, -0.25) is 38.5 Å². The lowest BCUT2D eigenvalue weighted by Gasteiger charge is -2.38. The molecule has 17 heteroatoms. The van der Waals surface area contributed by atoms with Crippen LogP contribution < -0.4 is 31.9 Å². The molecule has 1 aromatic carbocycles. The van der Waals surface area contributed by atoms with Crippen molar-refractivity contribution in [1.82, 2.24) is 36.8 Å². The Kier molecular flexibility index (Phi) is 14.7. The molecule has 0 saturated carbocycles. The van der Waals surface area contributed by atoms with E-state index in [4.69, 9.17) is 0 Å². The zero-order chi connectivity index (χ0) is 39.8. The van der Waals surface area contributed by atoms with Crippen molar-refractivity contribution in [1.29, 1.82) is 0 Å². The number of hydrogen-bond acceptors (Lipinski definition) is 10. The van der Waals surface area contributed by atoms with Gasteiger partial charge in [0.2, 0.25) is 35.4 Å². The van der Waals surface area contributed by atoms with Gasteiger partial charge < -0.3 is 47.2 Å². The quantitative estimate of drug-likeness (QED) is 0.157. The molecule has 17 nitrogen and oxygen atoms in total. The standard InChI is InChI=1S/C36H55N7O10/c1-18(2)15-23-30(48)39-25(17-27(46)47)32(50)41-28(20(4)44)34(52)37-19(3)29(35(53)42-36(5,6)7)43-14-8-9-26(43)33(51)40-24(31(49)38-23)16-21-10-12-22(45)13-11-21/h10-13,18-20,23-26,28-29,44-45H,8-9,14-17H2,1-7H3,(H,37,52)(H,38,49)(H,39,48)(H,40,51)(H,41,50)(H,42,53)(H,46,47)/t19-,20+,23-,24-,25-,26-,28?,29+/m0/s1. The number of fused-ring (bicyclic) bond motifs is 1. The first-order valence-corrected chi connectivity index (χ1v) is 17.9. The van der Waals surface area contributed by atoms with Crippen LogP contribution in [0.3, 0.4) is 0 Å². The third-order valence-corrected chi connectivity index (χ3v) is 8.99. The highest BCUT2D eigenvalue weighted by molar-refractivity contribution is 5.97. The number of carbonyl (C=O) groups is 7. The van der Waals surface area contributed by atoms with Crippen molar-refractivity contribution in [2.45, 2.75) is 135 Å². The molecule has 6 amide bonds. The minimum Gasteiger partial charge on any atom is -0.508 e. The van der Waals surface area contributed by atoms with Crippen LogP contribution in [-0.4, -0.2) is 122 Å². The number of nitrogens with one attached hydrogen (secondary N) is 6. The number of nitrogens with zero attached hydrogens (tertiary/aromatic N) is 1. The number of hydrogen-bond donors (Lipinski definition) is 9. The van der Waals surface area contributed by atoms with E-state index in [2.05, 4.69) is 31.9 Å². The fourth-order valence-corrected chi connectivity index (χ4v) is 6.54. The van der Waals surface area contributed by atoms with Gasteiger partial charge >= 0.3 is 5.97 Å². The fraction of sp³-hybridized carbons (Fsp3) is 0.639. The molecule has 0 spiro atoms. The largest absolute Gasteiger partial charge is 0.508 e. The van der Waals surface area contributed by atoms with Crippen LogP contribution in [0.1, 0.15) is 79.7 Å². The Morgan fingerprint density at radius 3 is 1.98 bits per heavy atom. The van der Waals surface area contributed by atoms with E-state index in [9.17, 15) is 48.9 Å². The van der Waals surface area contributed by atoms with Gasteiger partial charge in [0.25, 0.3) is 0 Å². The summed E-state index contributed by atoms with van der Waals surface area (Å²) in [5.74, 6) is -6.31. The van der Waals surface area contributed by atoms with Crippen LogP contribution in [0, 0.1) is 5.92 Å². The van der Waals surface area contributed by atoms with Gasteiger partial charge in [-0.25, -0.2) is 0 Å². The smallest absolute Gasteiger partial charge is 0.305 e. The predicted octanol–water partition coefficient (Wildman–Crippen LogP) is -0.958. The van der Waals surface area contributed by atoms with Gasteiger partial charge in [0.1, 0.15) is 36.0 Å². The van der Waals surface area contributed by atoms with E-state index < -0.39 is 102 Å². The van der Waals surface area contributed by atoms with Gasteiger partial charge in [0.05, 0.1) is 24.6 Å². The molecule has 3 rings (SSSR count). The summed E-state index contributed by atoms with van der Waals surface area (Å²) < 4.78 is 0. The number of rotatable bonds is 8. The van der Waals surface area contributed by atoms with Crippen LogP contribution >= 0.6 is 0 Å². The molecule has 9 N–H and O–H groups in total. The first-order valence-electron chi connectivity index (χ1n) is 17.9. The fourth-order valence-electron chi connectivity index (χ4n) is 6.54. The lowest BCUT2D eigenvalue weighted by molar-refractivity contribution is -0.142. The van der Waals surface area contributed by atoms with Crippen LogP contribution in [0.2, 0.25) is 0 Å². The Hall–Kier alpha value is -4.77. The van der Waals surface area contributed by atoms with Gasteiger partial charge in [-0.15, -0.1) is 0 Å². The van der Waals surface area contributed by atoms with Gasteiger partial charge in [0, 0.05) is 12.0 Å². The summed E-state index contributed by atoms with van der Waals surface area (Å²) in [5, 5.41) is 45.8. The number of aliphatic hydroxyl groups is 1. The van der Waals surface area contributed by atoms with E-state index in [0.29, 0.717) is 18.4 Å². The van der Waals surface area contributed by atoms with Crippen molar-refractivity contribution < 1.29 is 48.9 Å². The lowest BCUT2D eigenvalue weighted by Crippen LogP contribution is -2.66. The molecule has 2 saturated heterocycles. The molecule has 2 heterocycles. The summed E-state index contributed by atoms with van der Waals surface area (Å²) >= 11 is 0. The third-order valence-electron chi connectivity index (χ3n) is 8.99. The third kappa shape index (κ3) is 12.4. The molecule has 2 fully saturated rings. The van der Waals surface area contributed by atoms with Crippen LogP contribution in [0.4, 0.5) is 0 Å². The van der Waals surface area contributed by atoms with Crippen molar-refractivity contribution in [3.8, 4) is 5.75 Å². The summed E-state index contributed by atoms with van der Waals surface area (Å²) in [5.41, 5.74) is -0.132.